The van der Waals surface area contributed by atoms with Gasteiger partial charge in [-0.1, -0.05) is 6.42 Å². The highest BCUT2D eigenvalue weighted by molar-refractivity contribution is 8.00. The molecule has 3 aliphatic rings. The van der Waals surface area contributed by atoms with Crippen LogP contribution in [0.1, 0.15) is 32.1 Å². The molecule has 13 heteroatoms. The van der Waals surface area contributed by atoms with E-state index in [1.165, 1.54) is 0 Å². The molecule has 150 valence electrons. The van der Waals surface area contributed by atoms with E-state index in [1.807, 2.05) is 0 Å². The number of nitrogens with zero attached hydrogens (tertiary/aromatic N) is 1. The van der Waals surface area contributed by atoms with Crippen LogP contribution >= 0.6 is 11.8 Å². The quantitative estimate of drug-likeness (QED) is 0.207. The van der Waals surface area contributed by atoms with Crippen molar-refractivity contribution in [3.63, 3.8) is 0 Å². The molecule has 3 N–H and O–H groups in total. The molecule has 3 saturated heterocycles. The number of unbranched alkanes of at least 4 members (excludes halogenated alkanes) is 1. The summed E-state index contributed by atoms with van der Waals surface area (Å²) in [4.78, 5) is 51.2. The predicted molar refractivity (Wildman–Crippen MR) is 91.9 cm³/mol. The zero-order chi connectivity index (χ0) is 19.8. The number of fused-ring (bicyclic) bond motifs is 1. The highest BCUT2D eigenvalue weighted by Gasteiger charge is 2.48. The Hall–Kier alpha value is -1.86. The number of hydrogen-bond donors (Lipinski definition) is 3. The molecule has 0 bridgehead atoms. The molecule has 3 fully saturated rings. The summed E-state index contributed by atoms with van der Waals surface area (Å²) in [6.07, 6.45) is 1.11. The van der Waals surface area contributed by atoms with Gasteiger partial charge in [-0.2, -0.15) is 20.2 Å². The third-order valence-electron chi connectivity index (χ3n) is 4.67. The van der Waals surface area contributed by atoms with Crippen LogP contribution in [0.2, 0.25) is 0 Å². The first kappa shape index (κ1) is 19.9. The zero-order valence-electron chi connectivity index (χ0n) is 14.1. The van der Waals surface area contributed by atoms with E-state index in [4.69, 9.17) is 4.55 Å². The number of rotatable bonds is 7. The van der Waals surface area contributed by atoms with Crippen LogP contribution < -0.4 is 10.6 Å². The second-order valence-electron chi connectivity index (χ2n) is 6.57. The summed E-state index contributed by atoms with van der Waals surface area (Å²) in [7, 11) is -4.74. The van der Waals surface area contributed by atoms with Gasteiger partial charge in [-0.05, 0) is 12.8 Å². The number of imide groups is 1. The van der Waals surface area contributed by atoms with Gasteiger partial charge in [-0.3, -0.25) is 14.1 Å². The first-order valence-electron chi connectivity index (χ1n) is 8.39. The molecular weight excluding hydrogens is 402 g/mol. The fourth-order valence-electron chi connectivity index (χ4n) is 3.32. The van der Waals surface area contributed by atoms with Gasteiger partial charge in [-0.25, -0.2) is 9.59 Å². The van der Waals surface area contributed by atoms with E-state index < -0.39 is 39.6 Å². The third kappa shape index (κ3) is 4.35. The van der Waals surface area contributed by atoms with Crippen molar-refractivity contribution in [2.24, 2.45) is 0 Å². The molecule has 4 amide bonds. The minimum atomic E-state index is -4.74. The fourth-order valence-corrected chi connectivity index (χ4v) is 5.56. The molecule has 27 heavy (non-hydrogen) atoms. The minimum absolute atomic E-state index is 0.0519. The summed E-state index contributed by atoms with van der Waals surface area (Å²) in [6.45, 7) is 0. The fraction of sp³-hybridized carbons (Fsp3) is 0.714. The lowest BCUT2D eigenvalue weighted by molar-refractivity contribution is -0.197. The van der Waals surface area contributed by atoms with Gasteiger partial charge in [0.15, 0.2) is 5.25 Å². The van der Waals surface area contributed by atoms with Gasteiger partial charge >= 0.3 is 12.0 Å². The second-order valence-corrected chi connectivity index (χ2v) is 9.44. The zero-order valence-corrected chi connectivity index (χ0v) is 15.8. The Morgan fingerprint density at radius 3 is 2.67 bits per heavy atom. The van der Waals surface area contributed by atoms with Crippen LogP contribution in [-0.4, -0.2) is 70.2 Å². The molecule has 0 saturated carbocycles. The van der Waals surface area contributed by atoms with Crippen molar-refractivity contribution in [2.75, 3.05) is 5.75 Å². The van der Waals surface area contributed by atoms with Gasteiger partial charge in [0.2, 0.25) is 0 Å². The van der Waals surface area contributed by atoms with E-state index in [1.54, 1.807) is 11.8 Å². The third-order valence-corrected chi connectivity index (χ3v) is 7.27. The van der Waals surface area contributed by atoms with Gasteiger partial charge in [-0.15, -0.1) is 5.06 Å². The van der Waals surface area contributed by atoms with Crippen molar-refractivity contribution >= 4 is 45.7 Å². The lowest BCUT2D eigenvalue weighted by atomic mass is 10.0. The van der Waals surface area contributed by atoms with E-state index in [9.17, 15) is 27.6 Å². The average Bonchev–Trinajstić information content (AvgIpc) is 3.19. The first-order valence-corrected chi connectivity index (χ1v) is 10.9. The summed E-state index contributed by atoms with van der Waals surface area (Å²) in [5, 5.41) is 4.15. The van der Waals surface area contributed by atoms with Gasteiger partial charge in [0.1, 0.15) is 0 Å². The molecule has 3 heterocycles. The number of carbonyl (C=O) groups is 4. The van der Waals surface area contributed by atoms with E-state index in [2.05, 4.69) is 15.5 Å². The molecular formula is C14H19N3O8S2. The van der Waals surface area contributed by atoms with Crippen LogP contribution in [0, 0.1) is 0 Å². The Morgan fingerprint density at radius 2 is 2.00 bits per heavy atom. The van der Waals surface area contributed by atoms with Crippen molar-refractivity contribution in [1.29, 1.82) is 0 Å². The summed E-state index contributed by atoms with van der Waals surface area (Å²) in [6, 6.07) is 0.0362. The molecule has 0 aromatic heterocycles. The van der Waals surface area contributed by atoms with Gasteiger partial charge in [0.05, 0.1) is 18.5 Å². The van der Waals surface area contributed by atoms with Crippen LogP contribution in [0.25, 0.3) is 0 Å². The SMILES string of the molecule is O=C1N[C@H]2[C@H](CS[C@H]2CCCCC(=O)ON2C(=O)C[C@H](S(=O)(=O)O)C2=O)N1. The van der Waals surface area contributed by atoms with E-state index in [-0.39, 0.29) is 34.8 Å². The highest BCUT2D eigenvalue weighted by atomic mass is 32.2. The smallest absolute Gasteiger partial charge is 0.332 e. The molecule has 0 aliphatic carbocycles. The van der Waals surface area contributed by atoms with Crippen molar-refractivity contribution in [3.05, 3.63) is 0 Å². The maximum Gasteiger partial charge on any atom is 0.333 e. The number of hydrogen-bond acceptors (Lipinski definition) is 8. The monoisotopic (exact) mass is 421 g/mol. The van der Waals surface area contributed by atoms with Crippen molar-refractivity contribution in [3.8, 4) is 0 Å². The van der Waals surface area contributed by atoms with Gasteiger partial charge < -0.3 is 15.5 Å². The largest absolute Gasteiger partial charge is 0.333 e. The Kier molecular flexibility index (Phi) is 5.63. The van der Waals surface area contributed by atoms with Crippen LogP contribution in [-0.2, 0) is 29.3 Å². The predicted octanol–water partition coefficient (Wildman–Crippen LogP) is -0.814. The van der Waals surface area contributed by atoms with Crippen molar-refractivity contribution in [2.45, 2.75) is 54.7 Å². The molecule has 0 unspecified atom stereocenters. The molecule has 4 atom stereocenters. The van der Waals surface area contributed by atoms with E-state index in [0.717, 1.165) is 12.2 Å². The average molecular weight is 421 g/mol. The molecule has 0 radical (unpaired) electrons. The molecule has 0 aromatic carbocycles. The Balaban J connectivity index is 1.40. The topological polar surface area (TPSA) is 159 Å². The van der Waals surface area contributed by atoms with Gasteiger partial charge in [0.25, 0.3) is 21.9 Å². The number of thioether (sulfide) groups is 1. The highest BCUT2D eigenvalue weighted by Crippen LogP contribution is 2.33. The van der Waals surface area contributed by atoms with Crippen LogP contribution in [0.5, 0.6) is 0 Å². The van der Waals surface area contributed by atoms with E-state index >= 15 is 0 Å². The molecule has 3 aliphatic heterocycles. The summed E-state index contributed by atoms with van der Waals surface area (Å²) < 4.78 is 31.0. The summed E-state index contributed by atoms with van der Waals surface area (Å²) >= 11 is 1.75. The number of urea groups is 1. The number of carbonyl (C=O) groups excluding carboxylic acids is 4. The summed E-state index contributed by atoms with van der Waals surface area (Å²) in [5.41, 5.74) is 0. The molecule has 0 spiro atoms. The van der Waals surface area contributed by atoms with Crippen LogP contribution in [0.3, 0.4) is 0 Å². The van der Waals surface area contributed by atoms with Crippen molar-refractivity contribution in [1.82, 2.24) is 15.7 Å². The number of amides is 4. The van der Waals surface area contributed by atoms with Gasteiger partial charge in [0, 0.05) is 17.4 Å². The van der Waals surface area contributed by atoms with E-state index in [0.29, 0.717) is 12.8 Å². The minimum Gasteiger partial charge on any atom is -0.332 e. The molecule has 0 aromatic rings. The standard InChI is InChI=1S/C14H19N3O8S2/c18-10-5-9(27(22,23)24)13(20)17(10)25-11(19)4-2-1-3-8-12-7(6-26-8)15-14(21)16-12/h7-9,12H,1-6H2,(H2,15,16,21)(H,22,23,24)/t7-,8-,9-,12-/m0/s1. The molecule has 3 rings (SSSR count). The lowest BCUT2D eigenvalue weighted by Crippen LogP contribution is -2.37. The van der Waals surface area contributed by atoms with Crippen molar-refractivity contribution < 1.29 is 37.0 Å². The maximum atomic E-state index is 11.8. The van der Waals surface area contributed by atoms with Crippen LogP contribution in [0.15, 0.2) is 0 Å². The Morgan fingerprint density at radius 1 is 1.26 bits per heavy atom. The summed E-state index contributed by atoms with van der Waals surface area (Å²) in [5.74, 6) is -2.26. The first-order chi connectivity index (χ1) is 12.7. The second kappa shape index (κ2) is 7.64. The normalized spacial score (nSPS) is 30.3. The lowest BCUT2D eigenvalue weighted by Gasteiger charge is -2.16. The van der Waals surface area contributed by atoms with Crippen LogP contribution in [0.4, 0.5) is 4.79 Å². The Labute approximate surface area is 159 Å². The number of hydroxylamine groups is 2. The molecule has 11 nitrogen and oxygen atoms in total. The maximum absolute atomic E-state index is 11.8. The Bertz CT molecular complexity index is 770. The number of nitrogens with one attached hydrogen (secondary N) is 2.